The van der Waals surface area contributed by atoms with Gasteiger partial charge in [-0.05, 0) is 66.4 Å². The quantitative estimate of drug-likeness (QED) is 0.424. The first-order chi connectivity index (χ1) is 14.2. The number of benzene rings is 3. The van der Waals surface area contributed by atoms with Crippen LogP contribution >= 0.6 is 0 Å². The van der Waals surface area contributed by atoms with E-state index < -0.39 is 11.7 Å². The molecule has 0 amide bonds. The van der Waals surface area contributed by atoms with Gasteiger partial charge in [0, 0.05) is 11.1 Å². The van der Waals surface area contributed by atoms with Crippen LogP contribution in [0.3, 0.4) is 0 Å². The highest BCUT2D eigenvalue weighted by Crippen LogP contribution is 2.40. The third kappa shape index (κ3) is 3.66. The van der Waals surface area contributed by atoms with Crippen LogP contribution in [0.2, 0.25) is 0 Å². The van der Waals surface area contributed by atoms with Gasteiger partial charge in [0.2, 0.25) is 5.82 Å². The number of aromatic hydroxyl groups is 1. The van der Waals surface area contributed by atoms with Gasteiger partial charge in [-0.15, -0.1) is 0 Å². The van der Waals surface area contributed by atoms with Crippen molar-refractivity contribution in [3.8, 4) is 39.7 Å². The van der Waals surface area contributed by atoms with Gasteiger partial charge in [0.1, 0.15) is 5.75 Å². The topological polar surface area (TPSA) is 59.2 Å². The van der Waals surface area contributed by atoms with Crippen molar-refractivity contribution in [1.29, 1.82) is 0 Å². The molecule has 30 heavy (non-hydrogen) atoms. The lowest BCUT2D eigenvalue weighted by atomic mass is 9.94. The van der Waals surface area contributed by atoms with E-state index in [1.807, 2.05) is 0 Å². The number of hydrogen-bond donors (Lipinski definition) is 1. The number of aryl methyl sites for hydroxylation is 2. The number of hydrogen-bond acceptors (Lipinski definition) is 4. The SMILES string of the molecule is Cc1cc(-c2noc(-c3ccc(-c4ccccc4C)c(C(F)(F)F)c3)n2)ccc1O. The third-order valence-electron chi connectivity index (χ3n) is 4.89. The number of rotatable bonds is 3. The summed E-state index contributed by atoms with van der Waals surface area (Å²) in [5.74, 6) is 0.339. The molecule has 3 aromatic carbocycles. The van der Waals surface area contributed by atoms with Crippen molar-refractivity contribution in [1.82, 2.24) is 10.1 Å². The number of phenols is 1. The molecule has 0 bridgehead atoms. The van der Waals surface area contributed by atoms with E-state index in [0.717, 1.165) is 11.6 Å². The minimum atomic E-state index is -4.55. The van der Waals surface area contributed by atoms with Gasteiger partial charge in [-0.2, -0.15) is 18.2 Å². The second-order valence-corrected chi connectivity index (χ2v) is 7.00. The zero-order valence-electron chi connectivity index (χ0n) is 16.2. The Labute approximate surface area is 170 Å². The zero-order valence-corrected chi connectivity index (χ0v) is 16.2. The lowest BCUT2D eigenvalue weighted by molar-refractivity contribution is -0.137. The van der Waals surface area contributed by atoms with Crippen LogP contribution in [0.15, 0.2) is 65.2 Å². The maximum Gasteiger partial charge on any atom is 0.417 e. The zero-order chi connectivity index (χ0) is 21.5. The Balaban J connectivity index is 1.78. The molecule has 152 valence electrons. The molecule has 0 aliphatic carbocycles. The molecule has 7 heteroatoms. The lowest BCUT2D eigenvalue weighted by Gasteiger charge is -2.15. The second-order valence-electron chi connectivity index (χ2n) is 7.00. The first kappa shape index (κ1) is 19.7. The number of phenolic OH excluding ortho intramolecular Hbond substituents is 1. The third-order valence-corrected chi connectivity index (χ3v) is 4.89. The Kier molecular flexibility index (Phi) is 4.81. The minimum Gasteiger partial charge on any atom is -0.508 e. The Morgan fingerprint density at radius 3 is 2.27 bits per heavy atom. The molecular formula is C23H17F3N2O2. The smallest absolute Gasteiger partial charge is 0.417 e. The molecule has 4 rings (SSSR count). The van der Waals surface area contributed by atoms with Crippen molar-refractivity contribution in [3.05, 3.63) is 77.4 Å². The molecule has 0 saturated heterocycles. The van der Waals surface area contributed by atoms with E-state index in [4.69, 9.17) is 4.52 Å². The Morgan fingerprint density at radius 1 is 0.833 bits per heavy atom. The van der Waals surface area contributed by atoms with E-state index in [1.165, 1.54) is 18.2 Å². The van der Waals surface area contributed by atoms with Crippen LogP contribution in [-0.4, -0.2) is 15.2 Å². The Hall–Kier alpha value is -3.61. The monoisotopic (exact) mass is 410 g/mol. The average Bonchev–Trinajstić information content (AvgIpc) is 3.20. The van der Waals surface area contributed by atoms with Crippen molar-refractivity contribution in [3.63, 3.8) is 0 Å². The summed E-state index contributed by atoms with van der Waals surface area (Å²) in [7, 11) is 0. The molecule has 0 radical (unpaired) electrons. The molecule has 0 atom stereocenters. The van der Waals surface area contributed by atoms with E-state index in [0.29, 0.717) is 16.7 Å². The highest BCUT2D eigenvalue weighted by molar-refractivity contribution is 5.74. The van der Waals surface area contributed by atoms with Gasteiger partial charge in [0.25, 0.3) is 5.89 Å². The average molecular weight is 410 g/mol. The predicted octanol–water partition coefficient (Wildman–Crippen LogP) is 6.41. The number of halogens is 3. The standard InChI is InChI=1S/C23H17F3N2O2/c1-13-5-3-4-6-17(13)18-9-7-16(12-19(18)23(24,25)26)22-27-21(28-30-22)15-8-10-20(29)14(2)11-15/h3-12,29H,1-2H3. The molecule has 1 heterocycles. The molecule has 4 aromatic rings. The normalized spacial score (nSPS) is 11.6. The van der Waals surface area contributed by atoms with Crippen LogP contribution in [0, 0.1) is 13.8 Å². The van der Waals surface area contributed by atoms with Gasteiger partial charge in [-0.25, -0.2) is 0 Å². The van der Waals surface area contributed by atoms with Gasteiger partial charge in [-0.1, -0.05) is 35.5 Å². The Bertz CT molecular complexity index is 1230. The summed E-state index contributed by atoms with van der Waals surface area (Å²) in [5, 5.41) is 13.5. The van der Waals surface area contributed by atoms with Gasteiger partial charge >= 0.3 is 6.18 Å². The van der Waals surface area contributed by atoms with Crippen molar-refractivity contribution in [2.45, 2.75) is 20.0 Å². The molecule has 1 N–H and O–H groups in total. The molecule has 0 unspecified atom stereocenters. The summed E-state index contributed by atoms with van der Waals surface area (Å²) in [6, 6.07) is 15.7. The van der Waals surface area contributed by atoms with Gasteiger partial charge in [0.15, 0.2) is 0 Å². The minimum absolute atomic E-state index is 0.0161. The van der Waals surface area contributed by atoms with Gasteiger partial charge in [0.05, 0.1) is 5.56 Å². The van der Waals surface area contributed by atoms with E-state index in [-0.39, 0.29) is 28.6 Å². The highest BCUT2D eigenvalue weighted by atomic mass is 19.4. The fourth-order valence-corrected chi connectivity index (χ4v) is 3.27. The highest BCUT2D eigenvalue weighted by Gasteiger charge is 2.34. The molecule has 0 spiro atoms. The first-order valence-electron chi connectivity index (χ1n) is 9.15. The fourth-order valence-electron chi connectivity index (χ4n) is 3.27. The van der Waals surface area contributed by atoms with Crippen molar-refractivity contribution in [2.75, 3.05) is 0 Å². The van der Waals surface area contributed by atoms with Crippen LogP contribution in [-0.2, 0) is 6.18 Å². The fraction of sp³-hybridized carbons (Fsp3) is 0.130. The number of alkyl halides is 3. The van der Waals surface area contributed by atoms with Crippen LogP contribution in [0.1, 0.15) is 16.7 Å². The van der Waals surface area contributed by atoms with E-state index in [2.05, 4.69) is 10.1 Å². The maximum absolute atomic E-state index is 13.8. The van der Waals surface area contributed by atoms with Crippen molar-refractivity contribution < 1.29 is 22.8 Å². The summed E-state index contributed by atoms with van der Waals surface area (Å²) in [5.41, 5.74) is 1.98. The molecule has 0 fully saturated rings. The first-order valence-corrected chi connectivity index (χ1v) is 9.15. The maximum atomic E-state index is 13.8. The molecular weight excluding hydrogens is 393 g/mol. The summed E-state index contributed by atoms with van der Waals surface area (Å²) >= 11 is 0. The van der Waals surface area contributed by atoms with E-state index in [1.54, 1.807) is 50.2 Å². The van der Waals surface area contributed by atoms with Crippen molar-refractivity contribution in [2.24, 2.45) is 0 Å². The number of nitrogens with zero attached hydrogens (tertiary/aromatic N) is 2. The van der Waals surface area contributed by atoms with Crippen molar-refractivity contribution >= 4 is 0 Å². The van der Waals surface area contributed by atoms with Crippen LogP contribution < -0.4 is 0 Å². The van der Waals surface area contributed by atoms with E-state index in [9.17, 15) is 18.3 Å². The number of aromatic nitrogens is 2. The Morgan fingerprint density at radius 2 is 1.57 bits per heavy atom. The van der Waals surface area contributed by atoms with Crippen LogP contribution in [0.5, 0.6) is 5.75 Å². The molecule has 1 aromatic heterocycles. The summed E-state index contributed by atoms with van der Waals surface area (Å²) in [4.78, 5) is 4.24. The van der Waals surface area contributed by atoms with Gasteiger partial charge in [-0.3, -0.25) is 0 Å². The molecule has 4 nitrogen and oxygen atoms in total. The summed E-state index contributed by atoms with van der Waals surface area (Å²) in [6.07, 6.45) is -4.55. The molecule has 0 aliphatic heterocycles. The van der Waals surface area contributed by atoms with Gasteiger partial charge < -0.3 is 9.63 Å². The molecule has 0 aliphatic rings. The van der Waals surface area contributed by atoms with E-state index >= 15 is 0 Å². The largest absolute Gasteiger partial charge is 0.508 e. The van der Waals surface area contributed by atoms with Crippen LogP contribution in [0.25, 0.3) is 34.0 Å². The summed E-state index contributed by atoms with van der Waals surface area (Å²) in [6.45, 7) is 3.49. The second kappa shape index (κ2) is 7.33. The summed E-state index contributed by atoms with van der Waals surface area (Å²) < 4.78 is 46.7. The predicted molar refractivity (Wildman–Crippen MR) is 107 cm³/mol. The lowest BCUT2D eigenvalue weighted by Crippen LogP contribution is -2.08. The molecule has 0 saturated carbocycles. The van der Waals surface area contributed by atoms with Crippen LogP contribution in [0.4, 0.5) is 13.2 Å².